The van der Waals surface area contributed by atoms with Gasteiger partial charge in [-0.05, 0) is 44.1 Å². The van der Waals surface area contributed by atoms with Crippen molar-refractivity contribution in [3.05, 3.63) is 0 Å². The molecule has 2 aliphatic rings. The Morgan fingerprint density at radius 3 is 2.69 bits per heavy atom. The third kappa shape index (κ3) is 3.72. The molecule has 2 rings (SSSR count). The van der Waals surface area contributed by atoms with Crippen LogP contribution in [0.1, 0.15) is 32.6 Å². The first-order valence-corrected chi connectivity index (χ1v) is 6.88. The molecule has 0 spiro atoms. The highest BCUT2D eigenvalue weighted by Gasteiger charge is 2.30. The van der Waals surface area contributed by atoms with Crippen LogP contribution in [0.4, 0.5) is 0 Å². The van der Waals surface area contributed by atoms with Gasteiger partial charge in [-0.25, -0.2) is 0 Å². The van der Waals surface area contributed by atoms with E-state index in [4.69, 9.17) is 5.11 Å². The van der Waals surface area contributed by atoms with Crippen molar-refractivity contribution < 1.29 is 5.11 Å². The van der Waals surface area contributed by atoms with Gasteiger partial charge in [-0.2, -0.15) is 0 Å². The highest BCUT2D eigenvalue weighted by Crippen LogP contribution is 2.31. The summed E-state index contributed by atoms with van der Waals surface area (Å²) in [6.07, 6.45) is 5.10. The van der Waals surface area contributed by atoms with Crippen LogP contribution in [0, 0.1) is 11.8 Å². The third-order valence-corrected chi connectivity index (χ3v) is 3.86. The maximum atomic E-state index is 9.08. The maximum Gasteiger partial charge on any atom is 0.0434 e. The van der Waals surface area contributed by atoms with Crippen LogP contribution in [-0.4, -0.2) is 48.8 Å². The van der Waals surface area contributed by atoms with E-state index in [1.54, 1.807) is 0 Å². The lowest BCUT2D eigenvalue weighted by Gasteiger charge is -2.38. The monoisotopic (exact) mass is 226 g/mol. The Balaban J connectivity index is 1.81. The average molecular weight is 226 g/mol. The molecule has 1 saturated carbocycles. The zero-order chi connectivity index (χ0) is 11.4. The first kappa shape index (κ1) is 12.3. The van der Waals surface area contributed by atoms with Gasteiger partial charge < -0.3 is 15.3 Å². The van der Waals surface area contributed by atoms with Crippen molar-refractivity contribution in [2.24, 2.45) is 11.8 Å². The summed E-state index contributed by atoms with van der Waals surface area (Å²) in [5, 5.41) is 12.6. The van der Waals surface area contributed by atoms with Gasteiger partial charge in [0.25, 0.3) is 0 Å². The smallest absolute Gasteiger partial charge is 0.0434 e. The molecule has 0 bridgehead atoms. The number of nitrogens with one attached hydrogen (secondary N) is 1. The second-order valence-corrected chi connectivity index (χ2v) is 5.53. The molecule has 0 aromatic heterocycles. The molecular formula is C13H26N2O. The number of piperidine rings is 1. The molecule has 1 heterocycles. The van der Waals surface area contributed by atoms with Crippen molar-refractivity contribution in [1.29, 1.82) is 0 Å². The predicted octanol–water partition coefficient (Wildman–Crippen LogP) is 1.08. The van der Waals surface area contributed by atoms with Gasteiger partial charge in [0.2, 0.25) is 0 Å². The molecule has 2 N–H and O–H groups in total. The van der Waals surface area contributed by atoms with E-state index in [0.29, 0.717) is 18.6 Å². The fraction of sp³-hybridized carbons (Fsp3) is 1.00. The molecule has 0 amide bonds. The van der Waals surface area contributed by atoms with E-state index in [1.807, 2.05) is 0 Å². The molecule has 1 aliphatic carbocycles. The van der Waals surface area contributed by atoms with Gasteiger partial charge in [-0.15, -0.1) is 0 Å². The van der Waals surface area contributed by atoms with Gasteiger partial charge in [-0.3, -0.25) is 0 Å². The number of likely N-dealkylation sites (tertiary alicyclic amines) is 1. The summed E-state index contributed by atoms with van der Waals surface area (Å²) in [5.41, 5.74) is 0. The molecule has 94 valence electrons. The number of hydrogen-bond donors (Lipinski definition) is 2. The first-order chi connectivity index (χ1) is 7.81. The van der Waals surface area contributed by atoms with E-state index in [0.717, 1.165) is 18.9 Å². The van der Waals surface area contributed by atoms with Crippen LogP contribution in [0.25, 0.3) is 0 Å². The Labute approximate surface area is 99.2 Å². The summed E-state index contributed by atoms with van der Waals surface area (Å²) in [7, 11) is 0. The molecule has 0 aromatic carbocycles. The summed E-state index contributed by atoms with van der Waals surface area (Å²) in [6.45, 7) is 7.31. The minimum absolute atomic E-state index is 0.348. The Bertz CT molecular complexity index is 192. The van der Waals surface area contributed by atoms with Crippen molar-refractivity contribution in [2.75, 3.05) is 32.8 Å². The second-order valence-electron chi connectivity index (χ2n) is 5.53. The van der Waals surface area contributed by atoms with Gasteiger partial charge in [-0.1, -0.05) is 6.92 Å². The normalized spacial score (nSPS) is 31.9. The number of rotatable bonds is 6. The van der Waals surface area contributed by atoms with Crippen LogP contribution in [-0.2, 0) is 0 Å². The molecule has 1 aliphatic heterocycles. The third-order valence-electron chi connectivity index (χ3n) is 3.86. The van der Waals surface area contributed by atoms with Crippen molar-refractivity contribution in [3.8, 4) is 0 Å². The van der Waals surface area contributed by atoms with Crippen LogP contribution in [0.2, 0.25) is 0 Å². The van der Waals surface area contributed by atoms with Crippen molar-refractivity contribution in [2.45, 2.75) is 38.6 Å². The first-order valence-electron chi connectivity index (χ1n) is 6.88. The van der Waals surface area contributed by atoms with E-state index < -0.39 is 0 Å². The molecule has 3 nitrogen and oxygen atoms in total. The minimum Gasteiger partial charge on any atom is -0.396 e. The molecular weight excluding hydrogens is 200 g/mol. The van der Waals surface area contributed by atoms with Crippen molar-refractivity contribution in [3.63, 3.8) is 0 Å². The van der Waals surface area contributed by atoms with Crippen LogP contribution < -0.4 is 5.32 Å². The standard InChI is InChI=1S/C13H26N2O/c1-2-14-13-7-12(5-6-16)9-15(10-13)8-11-3-4-11/h11-14,16H,2-10H2,1H3. The van der Waals surface area contributed by atoms with Crippen LogP contribution >= 0.6 is 0 Å². The summed E-state index contributed by atoms with van der Waals surface area (Å²) < 4.78 is 0. The average Bonchev–Trinajstić information content (AvgIpc) is 3.02. The Morgan fingerprint density at radius 2 is 2.06 bits per heavy atom. The van der Waals surface area contributed by atoms with Crippen LogP contribution in [0.15, 0.2) is 0 Å². The fourth-order valence-electron chi connectivity index (χ4n) is 2.95. The molecule has 2 atom stereocenters. The lowest BCUT2D eigenvalue weighted by molar-refractivity contribution is 0.118. The number of aliphatic hydroxyl groups is 1. The largest absolute Gasteiger partial charge is 0.396 e. The molecule has 16 heavy (non-hydrogen) atoms. The van der Waals surface area contributed by atoms with Crippen LogP contribution in [0.5, 0.6) is 0 Å². The van der Waals surface area contributed by atoms with Gasteiger partial charge in [0.15, 0.2) is 0 Å². The summed E-state index contributed by atoms with van der Waals surface area (Å²) in [5.74, 6) is 1.68. The van der Waals surface area contributed by atoms with Gasteiger partial charge in [0.05, 0.1) is 0 Å². The van der Waals surface area contributed by atoms with E-state index >= 15 is 0 Å². The molecule has 1 saturated heterocycles. The minimum atomic E-state index is 0.348. The van der Waals surface area contributed by atoms with Gasteiger partial charge in [0, 0.05) is 32.3 Å². The molecule has 0 radical (unpaired) electrons. The van der Waals surface area contributed by atoms with E-state index in [1.165, 1.54) is 38.9 Å². The topological polar surface area (TPSA) is 35.5 Å². The predicted molar refractivity (Wildman–Crippen MR) is 66.4 cm³/mol. The SMILES string of the molecule is CCNC1CC(CCO)CN(CC2CC2)C1. The molecule has 2 fully saturated rings. The number of hydrogen-bond acceptors (Lipinski definition) is 3. The zero-order valence-corrected chi connectivity index (χ0v) is 10.5. The zero-order valence-electron chi connectivity index (χ0n) is 10.5. The van der Waals surface area contributed by atoms with Gasteiger partial charge in [0.1, 0.15) is 0 Å². The summed E-state index contributed by atoms with van der Waals surface area (Å²) in [6, 6.07) is 0.647. The highest BCUT2D eigenvalue weighted by molar-refractivity contribution is 4.86. The van der Waals surface area contributed by atoms with E-state index in [-0.39, 0.29) is 0 Å². The Hall–Kier alpha value is -0.120. The maximum absolute atomic E-state index is 9.08. The van der Waals surface area contributed by atoms with Crippen molar-refractivity contribution >= 4 is 0 Å². The lowest BCUT2D eigenvalue weighted by Crippen LogP contribution is -2.49. The molecule has 0 aromatic rings. The van der Waals surface area contributed by atoms with Crippen LogP contribution in [0.3, 0.4) is 0 Å². The Kier molecular flexibility index (Phi) is 4.62. The number of aliphatic hydroxyl groups excluding tert-OH is 1. The quantitative estimate of drug-likeness (QED) is 0.711. The Morgan fingerprint density at radius 1 is 1.25 bits per heavy atom. The summed E-state index contributed by atoms with van der Waals surface area (Å²) in [4.78, 5) is 2.62. The second kappa shape index (κ2) is 5.99. The molecule has 2 unspecified atom stereocenters. The van der Waals surface area contributed by atoms with Crippen molar-refractivity contribution in [1.82, 2.24) is 10.2 Å². The van der Waals surface area contributed by atoms with E-state index in [2.05, 4.69) is 17.1 Å². The lowest BCUT2D eigenvalue weighted by atomic mass is 9.91. The number of nitrogens with zero attached hydrogens (tertiary/aromatic N) is 1. The fourth-order valence-corrected chi connectivity index (χ4v) is 2.95. The highest BCUT2D eigenvalue weighted by atomic mass is 16.3. The molecule has 3 heteroatoms. The summed E-state index contributed by atoms with van der Waals surface area (Å²) >= 11 is 0. The van der Waals surface area contributed by atoms with Gasteiger partial charge >= 0.3 is 0 Å². The van der Waals surface area contributed by atoms with E-state index in [9.17, 15) is 0 Å². The number of likely N-dealkylation sites (N-methyl/N-ethyl adjacent to an activating group) is 1.